The van der Waals surface area contributed by atoms with E-state index in [0.29, 0.717) is 36.9 Å². The third kappa shape index (κ3) is 7.15. The highest BCUT2D eigenvalue weighted by molar-refractivity contribution is 7.92. The second-order valence-electron chi connectivity index (χ2n) is 17.4. The van der Waals surface area contributed by atoms with Crippen molar-refractivity contribution in [1.29, 1.82) is 0 Å². The van der Waals surface area contributed by atoms with Crippen molar-refractivity contribution in [3.05, 3.63) is 72.6 Å². The molecule has 6 aliphatic rings. The second kappa shape index (κ2) is 15.7. The summed E-state index contributed by atoms with van der Waals surface area (Å²) in [7, 11) is -0.405. The summed E-state index contributed by atoms with van der Waals surface area (Å²) in [5.74, 6) is 0.278. The Morgan fingerprint density at radius 3 is 2.36 bits per heavy atom. The summed E-state index contributed by atoms with van der Waals surface area (Å²) in [4.78, 5) is 34.2. The molecule has 8 rings (SSSR count). The molecule has 2 bridgehead atoms. The SMILES string of the molecule is C=CC(=O)N1CC2CC1C(S(=O)(=O)c1ccc(N3CC(CN4CCC(C(CN5CCC5)(c5cccc(F)c5)[C@H]5CCC[C@@H]5NC(=O)OC)CC4)(OC)C3)cc1)C2. The fourth-order valence-electron chi connectivity index (χ4n) is 11.6. The predicted molar refractivity (Wildman–Crippen MR) is 213 cm³/mol. The number of fused-ring (bicyclic) bond motifs is 2. The zero-order valence-electron chi connectivity index (χ0n) is 32.9. The Hall–Kier alpha value is -3.52. The molecule has 2 aromatic rings. The molecule has 4 aliphatic heterocycles. The first-order chi connectivity index (χ1) is 27.0. The van der Waals surface area contributed by atoms with Gasteiger partial charge in [0.2, 0.25) is 5.91 Å². The Balaban J connectivity index is 0.935. The van der Waals surface area contributed by atoms with Crippen LogP contribution in [0.15, 0.2) is 66.1 Å². The number of piperidine rings is 2. The Morgan fingerprint density at radius 2 is 1.73 bits per heavy atom. The normalized spacial score (nSPS) is 29.0. The van der Waals surface area contributed by atoms with E-state index < -0.39 is 21.2 Å². The molecule has 4 heterocycles. The molecular weight excluding hydrogens is 734 g/mol. The molecule has 304 valence electrons. The van der Waals surface area contributed by atoms with Gasteiger partial charge in [0.05, 0.1) is 30.3 Å². The standard InChI is InChI=1S/C43H58FN5O6S/c1-4-40(50)49-25-30-22-38(49)39(23-30)56(52,53)35-14-12-34(13-15-35)48-27-42(28-48,55-3)26-47-20-16-31(17-21-47)43(29-46-18-7-19-46,32-8-5-9-33(44)24-32)36-10-6-11-37(36)45-41(51)54-2/h4-5,8-9,12-15,24,30-31,36-39H,1,6-7,10-11,16-23,25-29H2,2-3H3,(H,45,51)/t30?,36-,37-,38?,39?,43?/m0/s1. The number of sulfone groups is 1. The van der Waals surface area contributed by atoms with E-state index in [2.05, 4.69) is 32.7 Å². The lowest BCUT2D eigenvalue weighted by atomic mass is 9.57. The number of ether oxygens (including phenoxy) is 2. The number of nitrogens with one attached hydrogen (secondary N) is 1. The van der Waals surface area contributed by atoms with Gasteiger partial charge in [0.25, 0.3) is 0 Å². The molecule has 0 spiro atoms. The zero-order chi connectivity index (χ0) is 39.2. The van der Waals surface area contributed by atoms with E-state index in [0.717, 1.165) is 89.0 Å². The molecular formula is C43H58FN5O6S. The molecule has 13 heteroatoms. The van der Waals surface area contributed by atoms with Crippen LogP contribution in [0.2, 0.25) is 0 Å². The van der Waals surface area contributed by atoms with Crippen LogP contribution in [0.3, 0.4) is 0 Å². The maximum Gasteiger partial charge on any atom is 0.407 e. The smallest absolute Gasteiger partial charge is 0.407 e. The number of carbonyl (C=O) groups excluding carboxylic acids is 2. The molecule has 4 unspecified atom stereocenters. The van der Waals surface area contributed by atoms with Crippen LogP contribution in [-0.2, 0) is 29.5 Å². The fourth-order valence-corrected chi connectivity index (χ4v) is 13.6. The van der Waals surface area contributed by atoms with Crippen LogP contribution in [0, 0.1) is 23.6 Å². The molecule has 2 aromatic carbocycles. The van der Waals surface area contributed by atoms with Crippen LogP contribution >= 0.6 is 0 Å². The van der Waals surface area contributed by atoms with Crippen molar-refractivity contribution >= 4 is 27.5 Å². The number of hydrogen-bond donors (Lipinski definition) is 1. The van der Waals surface area contributed by atoms with Crippen LogP contribution in [0.25, 0.3) is 0 Å². The summed E-state index contributed by atoms with van der Waals surface area (Å²) in [5, 5.41) is 2.60. The van der Waals surface area contributed by atoms with Gasteiger partial charge < -0.3 is 34.4 Å². The van der Waals surface area contributed by atoms with E-state index in [4.69, 9.17) is 9.47 Å². The minimum Gasteiger partial charge on any atom is -0.453 e. The predicted octanol–water partition coefficient (Wildman–Crippen LogP) is 4.86. The molecule has 0 aromatic heterocycles. The molecule has 1 N–H and O–H groups in total. The van der Waals surface area contributed by atoms with Gasteiger partial charge in [-0.15, -0.1) is 0 Å². The summed E-state index contributed by atoms with van der Waals surface area (Å²) in [6, 6.07) is 14.1. The van der Waals surface area contributed by atoms with Crippen molar-refractivity contribution < 1.29 is 31.9 Å². The second-order valence-corrected chi connectivity index (χ2v) is 19.6. The van der Waals surface area contributed by atoms with Crippen molar-refractivity contribution in [3.63, 3.8) is 0 Å². The van der Waals surface area contributed by atoms with E-state index in [9.17, 15) is 18.0 Å². The lowest BCUT2D eigenvalue weighted by Crippen LogP contribution is -2.68. The van der Waals surface area contributed by atoms with Gasteiger partial charge in [-0.25, -0.2) is 17.6 Å². The minimum atomic E-state index is -3.60. The first kappa shape index (κ1) is 39.3. The fraction of sp³-hybridized carbons (Fsp3) is 0.628. The number of nitrogens with zero attached hydrogens (tertiary/aromatic N) is 4. The van der Waals surface area contributed by atoms with Gasteiger partial charge in [-0.1, -0.05) is 25.1 Å². The van der Waals surface area contributed by atoms with Gasteiger partial charge in [-0.2, -0.15) is 0 Å². The van der Waals surface area contributed by atoms with E-state index in [-0.39, 0.29) is 46.7 Å². The third-order valence-corrected chi connectivity index (χ3v) is 16.7. The van der Waals surface area contributed by atoms with Gasteiger partial charge in [0.15, 0.2) is 9.84 Å². The monoisotopic (exact) mass is 791 g/mol. The quantitative estimate of drug-likeness (QED) is 0.285. The molecule has 6 atom stereocenters. The number of anilines is 1. The van der Waals surface area contributed by atoms with E-state index in [1.165, 1.54) is 25.7 Å². The van der Waals surface area contributed by atoms with Gasteiger partial charge in [0.1, 0.15) is 11.4 Å². The average Bonchev–Trinajstić information content (AvgIpc) is 3.94. The molecule has 2 aliphatic carbocycles. The van der Waals surface area contributed by atoms with Crippen LogP contribution < -0.4 is 10.2 Å². The highest BCUT2D eigenvalue weighted by atomic mass is 32.2. The van der Waals surface area contributed by atoms with Crippen molar-refractivity contribution in [1.82, 2.24) is 20.0 Å². The number of halogens is 1. The highest BCUT2D eigenvalue weighted by Crippen LogP contribution is 2.52. The van der Waals surface area contributed by atoms with Crippen LogP contribution in [-0.4, -0.2) is 131 Å². The molecule has 2 saturated carbocycles. The van der Waals surface area contributed by atoms with E-state index in [1.54, 1.807) is 30.2 Å². The maximum atomic E-state index is 15.1. The molecule has 2 amide bonds. The lowest BCUT2D eigenvalue weighted by molar-refractivity contribution is -0.127. The maximum absolute atomic E-state index is 15.1. The van der Waals surface area contributed by atoms with E-state index >= 15 is 4.39 Å². The number of benzene rings is 2. The van der Waals surface area contributed by atoms with Gasteiger partial charge >= 0.3 is 6.09 Å². The third-order valence-electron chi connectivity index (χ3n) is 14.5. The number of amides is 2. The molecule has 4 saturated heterocycles. The number of methoxy groups -OCH3 is 2. The Kier molecular flexibility index (Phi) is 11.0. The van der Waals surface area contributed by atoms with Crippen LogP contribution in [0.5, 0.6) is 0 Å². The lowest BCUT2D eigenvalue weighted by Gasteiger charge is -2.55. The first-order valence-electron chi connectivity index (χ1n) is 20.6. The zero-order valence-corrected chi connectivity index (χ0v) is 33.7. The summed E-state index contributed by atoms with van der Waals surface area (Å²) >= 11 is 0. The first-order valence-corrected chi connectivity index (χ1v) is 22.2. The number of rotatable bonds is 13. The van der Waals surface area contributed by atoms with Crippen LogP contribution in [0.1, 0.15) is 56.9 Å². The highest BCUT2D eigenvalue weighted by Gasteiger charge is 2.55. The molecule has 6 fully saturated rings. The average molecular weight is 792 g/mol. The van der Waals surface area contributed by atoms with Crippen LogP contribution in [0.4, 0.5) is 14.9 Å². The summed E-state index contributed by atoms with van der Waals surface area (Å²) in [5.41, 5.74) is 1.35. The minimum absolute atomic E-state index is 0.0342. The summed E-state index contributed by atoms with van der Waals surface area (Å²) < 4.78 is 53.9. The van der Waals surface area contributed by atoms with Crippen molar-refractivity contribution in [2.24, 2.45) is 17.8 Å². The van der Waals surface area contributed by atoms with E-state index in [1.807, 2.05) is 18.2 Å². The number of likely N-dealkylation sites (tertiary alicyclic amines) is 3. The Morgan fingerprint density at radius 1 is 0.982 bits per heavy atom. The topological polar surface area (TPSA) is 112 Å². The number of hydrogen-bond acceptors (Lipinski definition) is 9. The van der Waals surface area contributed by atoms with Crippen molar-refractivity contribution in [2.45, 2.75) is 84.6 Å². The number of carbonyl (C=O) groups is 2. The molecule has 11 nitrogen and oxygen atoms in total. The Labute approximate surface area is 331 Å². The molecule has 56 heavy (non-hydrogen) atoms. The molecule has 0 radical (unpaired) electrons. The summed E-state index contributed by atoms with van der Waals surface area (Å²) in [6.45, 7) is 11.2. The largest absolute Gasteiger partial charge is 0.453 e. The Bertz CT molecular complexity index is 1880. The van der Waals surface area contributed by atoms with Gasteiger partial charge in [-0.3, -0.25) is 4.79 Å². The van der Waals surface area contributed by atoms with Crippen molar-refractivity contribution in [3.8, 4) is 0 Å². The number of alkyl carbamates (subject to hydrolysis) is 1. The van der Waals surface area contributed by atoms with Crippen molar-refractivity contribution in [2.75, 3.05) is 78.0 Å². The van der Waals surface area contributed by atoms with Gasteiger partial charge in [0, 0.05) is 49.9 Å². The van der Waals surface area contributed by atoms with Gasteiger partial charge in [-0.05, 0) is 137 Å². The summed E-state index contributed by atoms with van der Waals surface area (Å²) in [6.07, 6.45) is 8.18.